The highest BCUT2D eigenvalue weighted by Crippen LogP contribution is 2.38. The molecule has 1 aliphatic heterocycles. The highest BCUT2D eigenvalue weighted by Gasteiger charge is 2.55. The zero-order valence-corrected chi connectivity index (χ0v) is 15.1. The van der Waals surface area contributed by atoms with Gasteiger partial charge in [-0.2, -0.15) is 0 Å². The summed E-state index contributed by atoms with van der Waals surface area (Å²) in [6.07, 6.45) is 3.45. The zero-order valence-electron chi connectivity index (χ0n) is 15.1. The van der Waals surface area contributed by atoms with E-state index in [1.807, 2.05) is 6.92 Å². The predicted molar refractivity (Wildman–Crippen MR) is 95.3 cm³/mol. The molecule has 0 aromatic heterocycles. The van der Waals surface area contributed by atoms with E-state index in [0.717, 1.165) is 29.7 Å². The summed E-state index contributed by atoms with van der Waals surface area (Å²) in [5.41, 5.74) is -0.111. The molecular formula is C19H25N3O4. The van der Waals surface area contributed by atoms with Gasteiger partial charge < -0.3 is 15.7 Å². The number of phenols is 1. The van der Waals surface area contributed by atoms with E-state index in [2.05, 4.69) is 10.6 Å². The molecule has 3 atom stereocenters. The number of aromatic hydroxyl groups is 1. The van der Waals surface area contributed by atoms with Gasteiger partial charge in [0.25, 0.3) is 5.91 Å². The molecule has 140 valence electrons. The molecule has 7 heteroatoms. The lowest BCUT2D eigenvalue weighted by molar-refractivity contribution is -0.137. The first kappa shape index (κ1) is 18.2. The first-order chi connectivity index (χ1) is 12.3. The van der Waals surface area contributed by atoms with Gasteiger partial charge in [-0.05, 0) is 43.4 Å². The molecule has 7 nitrogen and oxygen atoms in total. The number of hydrogen-bond donors (Lipinski definition) is 3. The smallest absolute Gasteiger partial charge is 0.325 e. The number of rotatable bonds is 4. The van der Waals surface area contributed by atoms with Gasteiger partial charge in [-0.25, -0.2) is 4.79 Å². The maximum atomic E-state index is 12.9. The van der Waals surface area contributed by atoms with E-state index in [4.69, 9.17) is 0 Å². The standard InChI is InChI=1S/C19H25N3O4/c1-12-6-3-4-9-19(12)17(25)22(18(26)21-19)11-16(24)20-13(2)14-7-5-8-15(23)10-14/h5,7-8,10,12-13,23H,3-4,6,9,11H2,1-2H3,(H,20,24)(H,21,26). The number of urea groups is 1. The van der Waals surface area contributed by atoms with Crippen LogP contribution in [0.4, 0.5) is 4.79 Å². The Morgan fingerprint density at radius 3 is 2.88 bits per heavy atom. The van der Waals surface area contributed by atoms with Gasteiger partial charge in [0.1, 0.15) is 17.8 Å². The summed E-state index contributed by atoms with van der Waals surface area (Å²) in [5, 5.41) is 15.2. The second-order valence-electron chi connectivity index (χ2n) is 7.32. The van der Waals surface area contributed by atoms with Crippen LogP contribution in [-0.2, 0) is 9.59 Å². The van der Waals surface area contributed by atoms with Crippen molar-refractivity contribution in [2.24, 2.45) is 5.92 Å². The van der Waals surface area contributed by atoms with Crippen LogP contribution in [0.25, 0.3) is 0 Å². The normalized spacial score (nSPS) is 26.7. The quantitative estimate of drug-likeness (QED) is 0.717. The van der Waals surface area contributed by atoms with Gasteiger partial charge in [-0.15, -0.1) is 0 Å². The summed E-state index contributed by atoms with van der Waals surface area (Å²) in [6.45, 7) is 3.45. The van der Waals surface area contributed by atoms with Crippen LogP contribution in [0.15, 0.2) is 24.3 Å². The van der Waals surface area contributed by atoms with Crippen molar-refractivity contribution in [2.75, 3.05) is 6.54 Å². The molecule has 1 aromatic rings. The van der Waals surface area contributed by atoms with E-state index in [0.29, 0.717) is 6.42 Å². The Balaban J connectivity index is 1.65. The van der Waals surface area contributed by atoms with Gasteiger partial charge >= 0.3 is 6.03 Å². The van der Waals surface area contributed by atoms with Crippen LogP contribution < -0.4 is 10.6 Å². The minimum absolute atomic E-state index is 0.0620. The molecule has 1 spiro atoms. The number of carbonyl (C=O) groups excluding carboxylic acids is 3. The third-order valence-electron chi connectivity index (χ3n) is 5.55. The molecule has 2 aliphatic rings. The van der Waals surface area contributed by atoms with Gasteiger partial charge in [0.05, 0.1) is 6.04 Å². The number of carbonyl (C=O) groups is 3. The Bertz CT molecular complexity index is 735. The van der Waals surface area contributed by atoms with Crippen LogP contribution >= 0.6 is 0 Å². The molecule has 4 amide bonds. The van der Waals surface area contributed by atoms with E-state index >= 15 is 0 Å². The molecule has 1 aromatic carbocycles. The number of nitrogens with one attached hydrogen (secondary N) is 2. The van der Waals surface area contributed by atoms with Crippen LogP contribution in [0.2, 0.25) is 0 Å². The summed E-state index contributed by atoms with van der Waals surface area (Å²) < 4.78 is 0. The lowest BCUT2D eigenvalue weighted by atomic mass is 9.73. The Hall–Kier alpha value is -2.57. The fourth-order valence-corrected chi connectivity index (χ4v) is 3.95. The molecule has 1 aliphatic carbocycles. The SMILES string of the molecule is CC(NC(=O)CN1C(=O)NC2(CCCCC2C)C1=O)c1cccc(O)c1. The van der Waals surface area contributed by atoms with Crippen LogP contribution in [0.1, 0.15) is 51.1 Å². The van der Waals surface area contributed by atoms with Crippen molar-refractivity contribution in [3.05, 3.63) is 29.8 Å². The molecule has 0 bridgehead atoms. The summed E-state index contributed by atoms with van der Waals surface area (Å²) in [5.74, 6) is -0.530. The summed E-state index contributed by atoms with van der Waals surface area (Å²) >= 11 is 0. The second-order valence-corrected chi connectivity index (χ2v) is 7.32. The molecule has 3 N–H and O–H groups in total. The summed E-state index contributed by atoms with van der Waals surface area (Å²) in [6, 6.07) is 5.76. The molecule has 2 fully saturated rings. The Kier molecular flexibility index (Phi) is 4.89. The lowest BCUT2D eigenvalue weighted by Gasteiger charge is -2.36. The number of imide groups is 1. The molecule has 0 radical (unpaired) electrons. The van der Waals surface area contributed by atoms with Crippen LogP contribution in [0.5, 0.6) is 5.75 Å². The Morgan fingerprint density at radius 2 is 2.19 bits per heavy atom. The average molecular weight is 359 g/mol. The molecular weight excluding hydrogens is 334 g/mol. The second kappa shape index (κ2) is 6.97. The monoisotopic (exact) mass is 359 g/mol. The van der Waals surface area contributed by atoms with E-state index in [1.165, 1.54) is 0 Å². The van der Waals surface area contributed by atoms with Crippen LogP contribution in [0.3, 0.4) is 0 Å². The van der Waals surface area contributed by atoms with Gasteiger partial charge in [0.15, 0.2) is 0 Å². The van der Waals surface area contributed by atoms with Gasteiger partial charge in [0, 0.05) is 0 Å². The van der Waals surface area contributed by atoms with E-state index < -0.39 is 17.5 Å². The van der Waals surface area contributed by atoms with Gasteiger partial charge in [-0.3, -0.25) is 14.5 Å². The molecule has 1 heterocycles. The maximum Gasteiger partial charge on any atom is 0.325 e. The summed E-state index contributed by atoms with van der Waals surface area (Å²) in [7, 11) is 0. The van der Waals surface area contributed by atoms with Crippen molar-refractivity contribution < 1.29 is 19.5 Å². The number of hydrogen-bond acceptors (Lipinski definition) is 4. The van der Waals surface area contributed by atoms with Crippen molar-refractivity contribution in [3.63, 3.8) is 0 Å². The number of benzene rings is 1. The highest BCUT2D eigenvalue weighted by atomic mass is 16.3. The van der Waals surface area contributed by atoms with Crippen molar-refractivity contribution in [3.8, 4) is 5.75 Å². The zero-order chi connectivity index (χ0) is 18.9. The first-order valence-corrected chi connectivity index (χ1v) is 9.06. The van der Waals surface area contributed by atoms with Crippen LogP contribution in [0, 0.1) is 5.92 Å². The first-order valence-electron chi connectivity index (χ1n) is 9.06. The van der Waals surface area contributed by atoms with Gasteiger partial charge in [0.2, 0.25) is 5.91 Å². The molecule has 1 saturated heterocycles. The minimum Gasteiger partial charge on any atom is -0.508 e. The van der Waals surface area contributed by atoms with Crippen molar-refractivity contribution in [2.45, 2.75) is 51.1 Å². The Labute approximate surface area is 152 Å². The lowest BCUT2D eigenvalue weighted by Crippen LogP contribution is -2.54. The third kappa shape index (κ3) is 3.25. The number of phenolic OH excluding ortho intramolecular Hbond substituents is 1. The highest BCUT2D eigenvalue weighted by molar-refractivity contribution is 6.09. The van der Waals surface area contributed by atoms with Crippen molar-refractivity contribution in [1.82, 2.24) is 15.5 Å². The predicted octanol–water partition coefficient (Wildman–Crippen LogP) is 2.07. The van der Waals surface area contributed by atoms with Crippen molar-refractivity contribution >= 4 is 17.8 Å². The topological polar surface area (TPSA) is 98.7 Å². The largest absolute Gasteiger partial charge is 0.508 e. The molecule has 3 unspecified atom stereocenters. The van der Waals surface area contributed by atoms with E-state index in [9.17, 15) is 19.5 Å². The number of nitrogens with zero attached hydrogens (tertiary/aromatic N) is 1. The average Bonchev–Trinajstić information content (AvgIpc) is 2.82. The van der Waals surface area contributed by atoms with Gasteiger partial charge in [-0.1, -0.05) is 31.9 Å². The van der Waals surface area contributed by atoms with E-state index in [1.54, 1.807) is 31.2 Å². The third-order valence-corrected chi connectivity index (χ3v) is 5.55. The molecule has 1 saturated carbocycles. The number of amides is 4. The fourth-order valence-electron chi connectivity index (χ4n) is 3.95. The Morgan fingerprint density at radius 1 is 1.42 bits per heavy atom. The van der Waals surface area contributed by atoms with Crippen LogP contribution in [-0.4, -0.2) is 39.9 Å². The molecule has 26 heavy (non-hydrogen) atoms. The maximum absolute atomic E-state index is 12.9. The van der Waals surface area contributed by atoms with E-state index in [-0.39, 0.29) is 30.2 Å². The van der Waals surface area contributed by atoms with Crippen molar-refractivity contribution in [1.29, 1.82) is 0 Å². The molecule has 3 rings (SSSR count). The fraction of sp³-hybridized carbons (Fsp3) is 0.526. The minimum atomic E-state index is -0.855. The summed E-state index contributed by atoms with van der Waals surface area (Å²) in [4.78, 5) is 38.6.